The zero-order valence-electron chi connectivity index (χ0n) is 12.2. The first-order valence-electron chi connectivity index (χ1n) is 7.31. The van der Waals surface area contributed by atoms with Crippen LogP contribution in [0.3, 0.4) is 0 Å². The van der Waals surface area contributed by atoms with Crippen LogP contribution in [0, 0.1) is 12.8 Å². The summed E-state index contributed by atoms with van der Waals surface area (Å²) in [4.78, 5) is 23.6. The van der Waals surface area contributed by atoms with E-state index in [1.54, 1.807) is 6.07 Å². The Hall–Kier alpha value is -2.01. The van der Waals surface area contributed by atoms with Crippen LogP contribution in [-0.2, 0) is 4.79 Å². The zero-order chi connectivity index (χ0) is 15.7. The van der Waals surface area contributed by atoms with E-state index in [2.05, 4.69) is 10.6 Å². The molecule has 22 heavy (non-hydrogen) atoms. The van der Waals surface area contributed by atoms with Crippen LogP contribution >= 0.6 is 11.6 Å². The summed E-state index contributed by atoms with van der Waals surface area (Å²) in [5.41, 5.74) is 1.28. The van der Waals surface area contributed by atoms with Crippen molar-refractivity contribution in [2.24, 2.45) is 5.92 Å². The van der Waals surface area contributed by atoms with Gasteiger partial charge in [0, 0.05) is 30.0 Å². The summed E-state index contributed by atoms with van der Waals surface area (Å²) in [5, 5.41) is 6.86. The molecule has 3 rings (SSSR count). The Morgan fingerprint density at radius 3 is 2.68 bits per heavy atom. The summed E-state index contributed by atoms with van der Waals surface area (Å²) in [7, 11) is 0. The maximum absolute atomic E-state index is 12.2. The average Bonchev–Trinajstić information content (AvgIpc) is 3.29. The zero-order valence-corrected chi connectivity index (χ0v) is 13.0. The van der Waals surface area contributed by atoms with Crippen molar-refractivity contribution in [3.63, 3.8) is 0 Å². The van der Waals surface area contributed by atoms with Crippen LogP contribution in [0.2, 0.25) is 5.02 Å². The first-order valence-corrected chi connectivity index (χ1v) is 7.69. The van der Waals surface area contributed by atoms with Gasteiger partial charge in [0.25, 0.3) is 5.91 Å². The Kier molecular flexibility index (Phi) is 4.07. The molecule has 1 fully saturated rings. The molecule has 0 unspecified atom stereocenters. The molecule has 5 nitrogen and oxygen atoms in total. The highest BCUT2D eigenvalue weighted by Crippen LogP contribution is 2.30. The molecule has 116 valence electrons. The molecule has 1 heterocycles. The van der Waals surface area contributed by atoms with Gasteiger partial charge >= 0.3 is 0 Å². The molecule has 1 aliphatic carbocycles. The van der Waals surface area contributed by atoms with Crippen molar-refractivity contribution in [3.8, 4) is 0 Å². The molecule has 0 saturated heterocycles. The number of aryl methyl sites for hydroxylation is 1. The second-order valence-corrected chi connectivity index (χ2v) is 5.90. The van der Waals surface area contributed by atoms with E-state index in [9.17, 15) is 9.59 Å². The smallest absolute Gasteiger partial charge is 0.287 e. The normalized spacial score (nSPS) is 14.1. The molecule has 0 aliphatic heterocycles. The fraction of sp³-hybridized carbons (Fsp3) is 0.375. The predicted molar refractivity (Wildman–Crippen MR) is 84.0 cm³/mol. The van der Waals surface area contributed by atoms with E-state index < -0.39 is 0 Å². The summed E-state index contributed by atoms with van der Waals surface area (Å²) in [5.74, 6) is 0.207. The molecule has 0 radical (unpaired) electrons. The molecule has 6 heteroatoms. The molecule has 2 N–H and O–H groups in total. The minimum atomic E-state index is -0.301. The molecule has 1 aliphatic rings. The van der Waals surface area contributed by atoms with Gasteiger partial charge in [-0.15, -0.1) is 0 Å². The lowest BCUT2D eigenvalue weighted by molar-refractivity contribution is -0.122. The maximum atomic E-state index is 12.2. The highest BCUT2D eigenvalue weighted by atomic mass is 35.5. The van der Waals surface area contributed by atoms with E-state index in [-0.39, 0.29) is 23.5 Å². The van der Waals surface area contributed by atoms with Gasteiger partial charge in [-0.1, -0.05) is 23.7 Å². The standard InChI is InChI=1S/C16H17ClN2O3/c1-9-11-3-2-4-12(17)14(11)22-13(9)16(21)19-8-7-18-15(20)10-5-6-10/h2-4,10H,5-8H2,1H3,(H,18,20)(H,19,21). The second-order valence-electron chi connectivity index (χ2n) is 5.49. The number of hydrogen-bond donors (Lipinski definition) is 2. The molecular weight excluding hydrogens is 304 g/mol. The number of furan rings is 1. The van der Waals surface area contributed by atoms with Gasteiger partial charge in [0.15, 0.2) is 11.3 Å². The third-order valence-electron chi connectivity index (χ3n) is 3.78. The average molecular weight is 321 g/mol. The molecule has 1 saturated carbocycles. The summed E-state index contributed by atoms with van der Waals surface area (Å²) in [6.45, 7) is 2.61. The number of benzene rings is 1. The van der Waals surface area contributed by atoms with Gasteiger partial charge in [0.2, 0.25) is 5.91 Å². The Balaban J connectivity index is 1.61. The summed E-state index contributed by atoms with van der Waals surface area (Å²) in [6.07, 6.45) is 1.94. The van der Waals surface area contributed by atoms with Gasteiger partial charge in [0.05, 0.1) is 5.02 Å². The van der Waals surface area contributed by atoms with Crippen LogP contribution in [-0.4, -0.2) is 24.9 Å². The van der Waals surface area contributed by atoms with Crippen LogP contribution in [0.5, 0.6) is 0 Å². The number of para-hydroxylation sites is 1. The SMILES string of the molecule is Cc1c(C(=O)NCCNC(=O)C2CC2)oc2c(Cl)cccc12. The number of halogens is 1. The Morgan fingerprint density at radius 2 is 2.00 bits per heavy atom. The van der Waals surface area contributed by atoms with Gasteiger partial charge in [-0.25, -0.2) is 0 Å². The van der Waals surface area contributed by atoms with Crippen molar-refractivity contribution < 1.29 is 14.0 Å². The van der Waals surface area contributed by atoms with Crippen LogP contribution in [0.15, 0.2) is 22.6 Å². The third-order valence-corrected chi connectivity index (χ3v) is 4.08. The quantitative estimate of drug-likeness (QED) is 0.832. The van der Waals surface area contributed by atoms with E-state index in [1.807, 2.05) is 19.1 Å². The largest absolute Gasteiger partial charge is 0.449 e. The number of rotatable bonds is 5. The van der Waals surface area contributed by atoms with E-state index >= 15 is 0 Å². The first kappa shape index (κ1) is 14.9. The molecule has 2 amide bonds. The van der Waals surface area contributed by atoms with Crippen molar-refractivity contribution in [1.29, 1.82) is 0 Å². The van der Waals surface area contributed by atoms with Crippen LogP contribution in [0.4, 0.5) is 0 Å². The van der Waals surface area contributed by atoms with Crippen molar-refractivity contribution in [1.82, 2.24) is 10.6 Å². The fourth-order valence-electron chi connectivity index (χ4n) is 2.36. The van der Waals surface area contributed by atoms with Gasteiger partial charge < -0.3 is 15.1 Å². The molecule has 0 spiro atoms. The Morgan fingerprint density at radius 1 is 1.27 bits per heavy atom. The van der Waals surface area contributed by atoms with Crippen LogP contribution < -0.4 is 10.6 Å². The van der Waals surface area contributed by atoms with E-state index in [4.69, 9.17) is 16.0 Å². The summed E-state index contributed by atoms with van der Waals surface area (Å²) >= 11 is 6.07. The Bertz CT molecular complexity index is 734. The Labute approximate surface area is 133 Å². The first-order chi connectivity index (χ1) is 10.6. The minimum Gasteiger partial charge on any atom is -0.449 e. The lowest BCUT2D eigenvalue weighted by atomic mass is 10.1. The second kappa shape index (κ2) is 6.01. The number of hydrogen-bond acceptors (Lipinski definition) is 3. The van der Waals surface area contributed by atoms with E-state index in [1.165, 1.54) is 0 Å². The van der Waals surface area contributed by atoms with E-state index in [0.29, 0.717) is 23.7 Å². The third kappa shape index (κ3) is 2.95. The van der Waals surface area contributed by atoms with Crippen molar-refractivity contribution in [3.05, 3.63) is 34.5 Å². The van der Waals surface area contributed by atoms with Gasteiger partial charge in [-0.3, -0.25) is 9.59 Å². The number of carbonyl (C=O) groups is 2. The molecule has 1 aromatic carbocycles. The van der Waals surface area contributed by atoms with Crippen molar-refractivity contribution >= 4 is 34.4 Å². The highest BCUT2D eigenvalue weighted by Gasteiger charge is 2.29. The fourth-order valence-corrected chi connectivity index (χ4v) is 2.57. The predicted octanol–water partition coefficient (Wildman–Crippen LogP) is 2.65. The van der Waals surface area contributed by atoms with Crippen molar-refractivity contribution in [2.75, 3.05) is 13.1 Å². The maximum Gasteiger partial charge on any atom is 0.287 e. The molecule has 2 aromatic rings. The van der Waals surface area contributed by atoms with Crippen LogP contribution in [0.25, 0.3) is 11.0 Å². The van der Waals surface area contributed by atoms with E-state index in [0.717, 1.165) is 23.8 Å². The number of amides is 2. The number of fused-ring (bicyclic) bond motifs is 1. The lowest BCUT2D eigenvalue weighted by Gasteiger charge is -2.05. The molecule has 0 bridgehead atoms. The van der Waals surface area contributed by atoms with Crippen molar-refractivity contribution in [2.45, 2.75) is 19.8 Å². The van der Waals surface area contributed by atoms with Gasteiger partial charge in [-0.2, -0.15) is 0 Å². The number of nitrogens with one attached hydrogen (secondary N) is 2. The summed E-state index contributed by atoms with van der Waals surface area (Å²) in [6, 6.07) is 5.41. The van der Waals surface area contributed by atoms with Gasteiger partial charge in [0.1, 0.15) is 0 Å². The topological polar surface area (TPSA) is 71.3 Å². The minimum absolute atomic E-state index is 0.0703. The molecule has 1 aromatic heterocycles. The molecule has 0 atom stereocenters. The molecular formula is C16H17ClN2O3. The lowest BCUT2D eigenvalue weighted by Crippen LogP contribution is -2.35. The van der Waals surface area contributed by atoms with Gasteiger partial charge in [-0.05, 0) is 25.8 Å². The van der Waals surface area contributed by atoms with Crippen LogP contribution in [0.1, 0.15) is 29.0 Å². The summed E-state index contributed by atoms with van der Waals surface area (Å²) < 4.78 is 5.59. The monoisotopic (exact) mass is 320 g/mol. The number of carbonyl (C=O) groups excluding carboxylic acids is 2. The highest BCUT2D eigenvalue weighted by molar-refractivity contribution is 6.35.